The molecule has 0 aliphatic heterocycles. The fraction of sp³-hybridized carbons (Fsp3) is 0.250. The molecule has 0 aliphatic rings. The lowest BCUT2D eigenvalue weighted by Crippen LogP contribution is -2.07. The van der Waals surface area contributed by atoms with Crippen LogP contribution >= 0.6 is 11.6 Å². The SMILES string of the molecule is Nc1ncc(C(F)F)c(CC(=O)O)c1Cl. The Kier molecular flexibility index (Phi) is 3.41. The van der Waals surface area contributed by atoms with E-state index < -0.39 is 24.4 Å². The fourth-order valence-electron chi connectivity index (χ4n) is 1.07. The minimum atomic E-state index is -2.83. The number of nitrogen functional groups attached to an aromatic ring is 1. The van der Waals surface area contributed by atoms with Crippen LogP contribution in [0, 0.1) is 0 Å². The van der Waals surface area contributed by atoms with E-state index in [4.69, 9.17) is 22.4 Å². The molecule has 0 unspecified atom stereocenters. The molecule has 0 amide bonds. The smallest absolute Gasteiger partial charge is 0.307 e. The summed E-state index contributed by atoms with van der Waals surface area (Å²) in [5.74, 6) is -1.42. The number of pyridine rings is 1. The van der Waals surface area contributed by atoms with Crippen LogP contribution in [0.25, 0.3) is 0 Å². The third kappa shape index (κ3) is 2.53. The number of nitrogens with two attached hydrogens (primary N) is 1. The molecule has 0 radical (unpaired) electrons. The van der Waals surface area contributed by atoms with Crippen LogP contribution in [0.15, 0.2) is 6.20 Å². The molecule has 0 aliphatic carbocycles. The van der Waals surface area contributed by atoms with Gasteiger partial charge in [-0.3, -0.25) is 4.79 Å². The van der Waals surface area contributed by atoms with E-state index in [-0.39, 0.29) is 16.4 Å². The Hall–Kier alpha value is -1.43. The number of halogens is 3. The van der Waals surface area contributed by atoms with Crippen molar-refractivity contribution >= 4 is 23.4 Å². The number of rotatable bonds is 3. The van der Waals surface area contributed by atoms with E-state index >= 15 is 0 Å². The Balaban J connectivity index is 3.28. The van der Waals surface area contributed by atoms with Crippen molar-refractivity contribution in [3.05, 3.63) is 22.3 Å². The molecule has 15 heavy (non-hydrogen) atoms. The summed E-state index contributed by atoms with van der Waals surface area (Å²) in [6.07, 6.45) is -2.60. The minimum Gasteiger partial charge on any atom is -0.481 e. The summed E-state index contributed by atoms with van der Waals surface area (Å²) in [4.78, 5) is 13.9. The van der Waals surface area contributed by atoms with Crippen LogP contribution in [0.5, 0.6) is 0 Å². The summed E-state index contributed by atoms with van der Waals surface area (Å²) in [7, 11) is 0. The van der Waals surface area contributed by atoms with Crippen molar-refractivity contribution in [3.8, 4) is 0 Å². The number of hydrogen-bond donors (Lipinski definition) is 2. The molecular weight excluding hydrogens is 230 g/mol. The van der Waals surface area contributed by atoms with E-state index in [0.717, 1.165) is 6.20 Å². The molecule has 1 rings (SSSR count). The van der Waals surface area contributed by atoms with Gasteiger partial charge in [0.05, 0.1) is 11.4 Å². The van der Waals surface area contributed by atoms with Crippen LogP contribution in [0.3, 0.4) is 0 Å². The van der Waals surface area contributed by atoms with Crippen LogP contribution in [0.4, 0.5) is 14.6 Å². The van der Waals surface area contributed by atoms with Gasteiger partial charge in [0.2, 0.25) is 0 Å². The number of alkyl halides is 2. The van der Waals surface area contributed by atoms with E-state index in [1.807, 2.05) is 0 Å². The second-order valence-electron chi connectivity index (χ2n) is 2.76. The van der Waals surface area contributed by atoms with Crippen LogP contribution in [-0.4, -0.2) is 16.1 Å². The van der Waals surface area contributed by atoms with Gasteiger partial charge in [0.1, 0.15) is 5.82 Å². The monoisotopic (exact) mass is 236 g/mol. The predicted molar refractivity (Wildman–Crippen MR) is 50.0 cm³/mol. The lowest BCUT2D eigenvalue weighted by Gasteiger charge is -2.09. The van der Waals surface area contributed by atoms with Crippen molar-refractivity contribution in [2.75, 3.05) is 5.73 Å². The second kappa shape index (κ2) is 4.39. The molecule has 7 heteroatoms. The zero-order valence-electron chi connectivity index (χ0n) is 7.38. The van der Waals surface area contributed by atoms with E-state index in [0.29, 0.717) is 0 Å². The summed E-state index contributed by atoms with van der Waals surface area (Å²) >= 11 is 5.60. The molecule has 1 aromatic heterocycles. The number of nitrogens with zero attached hydrogens (tertiary/aromatic N) is 1. The van der Waals surface area contributed by atoms with Crippen molar-refractivity contribution < 1.29 is 18.7 Å². The second-order valence-corrected chi connectivity index (χ2v) is 3.14. The number of aromatic nitrogens is 1. The average Bonchev–Trinajstić information content (AvgIpc) is 2.12. The molecule has 1 aromatic rings. The highest BCUT2D eigenvalue weighted by Crippen LogP contribution is 2.31. The van der Waals surface area contributed by atoms with Gasteiger partial charge in [-0.25, -0.2) is 13.8 Å². The molecule has 0 atom stereocenters. The van der Waals surface area contributed by atoms with E-state index in [9.17, 15) is 13.6 Å². The van der Waals surface area contributed by atoms with Gasteiger partial charge < -0.3 is 10.8 Å². The van der Waals surface area contributed by atoms with E-state index in [2.05, 4.69) is 4.98 Å². The topological polar surface area (TPSA) is 76.2 Å². The summed E-state index contributed by atoms with van der Waals surface area (Å²) in [6, 6.07) is 0. The van der Waals surface area contributed by atoms with Crippen molar-refractivity contribution in [1.29, 1.82) is 0 Å². The first-order chi connectivity index (χ1) is 6.93. The molecule has 0 fully saturated rings. The van der Waals surface area contributed by atoms with E-state index in [1.54, 1.807) is 0 Å². The molecule has 0 spiro atoms. The van der Waals surface area contributed by atoms with Crippen molar-refractivity contribution in [2.45, 2.75) is 12.8 Å². The zero-order valence-corrected chi connectivity index (χ0v) is 8.13. The Morgan fingerprint density at radius 1 is 1.67 bits per heavy atom. The average molecular weight is 237 g/mol. The van der Waals surface area contributed by atoms with E-state index in [1.165, 1.54) is 0 Å². The molecule has 0 saturated heterocycles. The largest absolute Gasteiger partial charge is 0.481 e. The minimum absolute atomic E-state index is 0.155. The maximum Gasteiger partial charge on any atom is 0.307 e. The zero-order chi connectivity index (χ0) is 11.6. The molecule has 0 aromatic carbocycles. The van der Waals surface area contributed by atoms with Gasteiger partial charge in [0, 0.05) is 11.8 Å². The van der Waals surface area contributed by atoms with Gasteiger partial charge in [-0.1, -0.05) is 11.6 Å². The Bertz CT molecular complexity index is 398. The van der Waals surface area contributed by atoms with Gasteiger partial charge in [-0.15, -0.1) is 0 Å². The molecule has 1 heterocycles. The third-order valence-electron chi connectivity index (χ3n) is 1.74. The van der Waals surface area contributed by atoms with Crippen molar-refractivity contribution in [1.82, 2.24) is 4.98 Å². The number of aliphatic carboxylic acids is 1. The normalized spacial score (nSPS) is 10.7. The standard InChI is InChI=1S/C8H7ClF2N2O2/c9-6-3(1-5(14)15)4(7(10)11)2-13-8(6)12/h2,7H,1H2,(H2,12,13)(H,14,15). The molecule has 82 valence electrons. The van der Waals surface area contributed by atoms with Gasteiger partial charge in [-0.2, -0.15) is 0 Å². The number of carboxylic acids is 1. The van der Waals surface area contributed by atoms with Crippen LogP contribution in [0.1, 0.15) is 17.6 Å². The maximum absolute atomic E-state index is 12.5. The quantitative estimate of drug-likeness (QED) is 0.840. The summed E-state index contributed by atoms with van der Waals surface area (Å²) < 4.78 is 24.9. The lowest BCUT2D eigenvalue weighted by molar-refractivity contribution is -0.136. The highest BCUT2D eigenvalue weighted by Gasteiger charge is 2.20. The van der Waals surface area contributed by atoms with Gasteiger partial charge >= 0.3 is 5.97 Å². The molecular formula is C8H7ClF2N2O2. The molecule has 0 saturated carbocycles. The highest BCUT2D eigenvalue weighted by atomic mass is 35.5. The summed E-state index contributed by atoms with van der Waals surface area (Å²) in [5, 5.41) is 8.30. The Morgan fingerprint density at radius 3 is 2.73 bits per heavy atom. The van der Waals surface area contributed by atoms with Crippen LogP contribution in [-0.2, 0) is 11.2 Å². The van der Waals surface area contributed by atoms with Crippen molar-refractivity contribution in [3.63, 3.8) is 0 Å². The van der Waals surface area contributed by atoms with Crippen molar-refractivity contribution in [2.24, 2.45) is 0 Å². The Morgan fingerprint density at radius 2 is 2.27 bits per heavy atom. The lowest BCUT2D eigenvalue weighted by atomic mass is 10.1. The molecule has 3 N–H and O–H groups in total. The predicted octanol–water partition coefficient (Wildman–Crippen LogP) is 1.88. The number of hydrogen-bond acceptors (Lipinski definition) is 3. The first-order valence-corrected chi connectivity index (χ1v) is 4.24. The summed E-state index contributed by atoms with van der Waals surface area (Å²) in [5.41, 5.74) is 4.59. The van der Waals surface area contributed by atoms with Gasteiger partial charge in [0.15, 0.2) is 0 Å². The van der Waals surface area contributed by atoms with Crippen LogP contribution < -0.4 is 5.73 Å². The number of anilines is 1. The first-order valence-electron chi connectivity index (χ1n) is 3.86. The molecule has 0 bridgehead atoms. The molecule has 4 nitrogen and oxygen atoms in total. The third-order valence-corrected chi connectivity index (χ3v) is 2.17. The number of carboxylic acid groups (broad SMARTS) is 1. The van der Waals surface area contributed by atoms with Crippen LogP contribution in [0.2, 0.25) is 5.02 Å². The first kappa shape index (κ1) is 11.6. The van der Waals surface area contributed by atoms with Gasteiger partial charge in [-0.05, 0) is 5.56 Å². The summed E-state index contributed by atoms with van der Waals surface area (Å²) in [6.45, 7) is 0. The van der Waals surface area contributed by atoms with Gasteiger partial charge in [0.25, 0.3) is 6.43 Å². The highest BCUT2D eigenvalue weighted by molar-refractivity contribution is 6.33. The fourth-order valence-corrected chi connectivity index (χ4v) is 1.30. The Labute approximate surface area is 88.7 Å². The maximum atomic E-state index is 12.5. The number of carbonyl (C=O) groups is 1.